The highest BCUT2D eigenvalue weighted by atomic mass is 35.8. The molecule has 0 radical (unpaired) electrons. The van der Waals surface area contributed by atoms with Gasteiger partial charge in [-0.2, -0.15) is 11.1 Å². The molecule has 2 fully saturated rings. The summed E-state index contributed by atoms with van der Waals surface area (Å²) in [7, 11) is -1.93. The van der Waals surface area contributed by atoms with Gasteiger partial charge < -0.3 is 0 Å². The third kappa shape index (κ3) is 2.50. The molecule has 0 nitrogen and oxygen atoms in total. The van der Waals surface area contributed by atoms with Gasteiger partial charge in [-0.25, -0.2) is 0 Å². The molecule has 0 aromatic heterocycles. The van der Waals surface area contributed by atoms with E-state index in [1.807, 2.05) is 0 Å². The Balaban J connectivity index is 1.76. The quantitative estimate of drug-likeness (QED) is 0.235. The van der Waals surface area contributed by atoms with Crippen molar-refractivity contribution in [1.29, 1.82) is 0 Å². The molecule has 4 bridgehead atoms. The van der Waals surface area contributed by atoms with Crippen molar-refractivity contribution in [3.63, 3.8) is 0 Å². The number of halogens is 4. The molecule has 6 heteroatoms. The Kier molecular flexibility index (Phi) is 4.64. The standard InChI is InChI=1S/C18H26Cl4Si2/c1-3-23(19,4-2)18-10-14(17(11-18)24(20,21)22)9-16(18)15-8-12-5-6-13(15)7-12/h5-6,9,12-15,17H,3-4,7-8,10-11H2,1-2H3. The van der Waals surface area contributed by atoms with Crippen LogP contribution < -0.4 is 0 Å². The number of hydrogen-bond acceptors (Lipinski definition) is 0. The Hall–Kier alpha value is 1.07. The van der Waals surface area contributed by atoms with Crippen LogP contribution >= 0.6 is 44.3 Å². The lowest BCUT2D eigenvalue weighted by molar-refractivity contribution is 0.457. The first kappa shape index (κ1) is 18.4. The predicted octanol–water partition coefficient (Wildman–Crippen LogP) is 7.54. The van der Waals surface area contributed by atoms with Crippen molar-refractivity contribution in [2.45, 2.75) is 62.2 Å². The summed E-state index contributed by atoms with van der Waals surface area (Å²) in [6.07, 6.45) is 12.4. The summed E-state index contributed by atoms with van der Waals surface area (Å²) in [5.41, 5.74) is 1.97. The van der Waals surface area contributed by atoms with E-state index in [1.54, 1.807) is 5.57 Å². The molecule has 4 aliphatic carbocycles. The Morgan fingerprint density at radius 1 is 1.00 bits per heavy atom. The monoisotopic (exact) mass is 438 g/mol. The lowest BCUT2D eigenvalue weighted by atomic mass is 9.79. The van der Waals surface area contributed by atoms with Gasteiger partial charge in [0, 0.05) is 10.6 Å². The molecule has 0 saturated heterocycles. The molecule has 24 heavy (non-hydrogen) atoms. The third-order valence-corrected chi connectivity index (χ3v) is 19.0. The van der Waals surface area contributed by atoms with Gasteiger partial charge in [0.1, 0.15) is 0 Å². The lowest BCUT2D eigenvalue weighted by Gasteiger charge is -2.47. The van der Waals surface area contributed by atoms with Gasteiger partial charge in [0.05, 0.1) is 0 Å². The third-order valence-electron chi connectivity index (χ3n) is 7.69. The number of allylic oxidation sites excluding steroid dienone is 4. The normalized spacial score (nSPS) is 43.8. The molecule has 0 aromatic rings. The number of hydrogen-bond donors (Lipinski definition) is 0. The zero-order valence-electron chi connectivity index (χ0n) is 14.4. The molecule has 0 N–H and O–H groups in total. The zero-order chi connectivity index (χ0) is 17.3. The van der Waals surface area contributed by atoms with Gasteiger partial charge in [0.2, 0.25) is 0 Å². The molecule has 6 atom stereocenters. The molecule has 0 heterocycles. The smallest absolute Gasteiger partial charge is 0.166 e. The van der Waals surface area contributed by atoms with E-state index in [4.69, 9.17) is 44.3 Å². The summed E-state index contributed by atoms with van der Waals surface area (Å²) in [6, 6.07) is -0.443. The van der Waals surface area contributed by atoms with Crippen LogP contribution in [0.4, 0.5) is 0 Å². The highest BCUT2D eigenvalue weighted by Gasteiger charge is 2.66. The van der Waals surface area contributed by atoms with Crippen LogP contribution in [-0.4, -0.2) is 13.4 Å². The number of fused-ring (bicyclic) bond motifs is 4. The maximum atomic E-state index is 7.45. The summed E-state index contributed by atoms with van der Waals surface area (Å²) in [5.74, 6) is 2.72. The van der Waals surface area contributed by atoms with E-state index >= 15 is 0 Å². The Morgan fingerprint density at radius 3 is 2.21 bits per heavy atom. The molecule has 4 aliphatic rings. The van der Waals surface area contributed by atoms with E-state index in [-0.39, 0.29) is 10.6 Å². The van der Waals surface area contributed by atoms with Crippen molar-refractivity contribution < 1.29 is 0 Å². The first-order chi connectivity index (χ1) is 11.2. The van der Waals surface area contributed by atoms with Gasteiger partial charge >= 0.3 is 6.00 Å². The second-order valence-electron chi connectivity index (χ2n) is 8.48. The maximum Gasteiger partial charge on any atom is 0.344 e. The first-order valence-corrected chi connectivity index (χ1v) is 17.9. The molecular formula is C18H26Cl4Si2. The van der Waals surface area contributed by atoms with E-state index < -0.39 is 13.4 Å². The topological polar surface area (TPSA) is 0 Å². The molecule has 134 valence electrons. The predicted molar refractivity (Wildman–Crippen MR) is 112 cm³/mol. The summed E-state index contributed by atoms with van der Waals surface area (Å²) in [5, 5.41) is 0.188. The first-order valence-electron chi connectivity index (χ1n) is 9.40. The van der Waals surface area contributed by atoms with Crippen molar-refractivity contribution >= 4 is 57.7 Å². The van der Waals surface area contributed by atoms with Gasteiger partial charge in [0.25, 0.3) is 0 Å². The summed E-state index contributed by atoms with van der Waals surface area (Å²) in [6.45, 7) is 4.59. The fourth-order valence-corrected chi connectivity index (χ4v) is 14.7. The molecule has 0 amide bonds. The van der Waals surface area contributed by atoms with E-state index in [2.05, 4.69) is 32.1 Å². The Morgan fingerprint density at radius 2 is 1.71 bits per heavy atom. The van der Waals surface area contributed by atoms with Crippen molar-refractivity contribution in [2.75, 3.05) is 0 Å². The second-order valence-corrected chi connectivity index (χ2v) is 23.9. The van der Waals surface area contributed by atoms with Crippen LogP contribution in [0.25, 0.3) is 0 Å². The van der Waals surface area contributed by atoms with E-state index in [9.17, 15) is 0 Å². The summed E-state index contributed by atoms with van der Waals surface area (Å²) < 4.78 is 0. The second kappa shape index (κ2) is 6.04. The van der Waals surface area contributed by atoms with E-state index in [0.717, 1.165) is 30.3 Å². The highest BCUT2D eigenvalue weighted by Crippen LogP contribution is 2.75. The maximum absolute atomic E-state index is 7.45. The SMILES string of the molecule is CC[Si](Cl)(CC)C12CC(C=C1C1CC3C=CC1C3)C([Si](Cl)(Cl)Cl)C2. The van der Waals surface area contributed by atoms with Gasteiger partial charge in [-0.3, -0.25) is 0 Å². The molecule has 0 aliphatic heterocycles. The average Bonchev–Trinajstić information content (AvgIpc) is 3.30. The van der Waals surface area contributed by atoms with Crippen molar-refractivity contribution in [3.05, 3.63) is 23.8 Å². The van der Waals surface area contributed by atoms with Crippen LogP contribution in [0.1, 0.15) is 39.5 Å². The van der Waals surface area contributed by atoms with Gasteiger partial charge in [-0.05, 0) is 61.4 Å². The zero-order valence-corrected chi connectivity index (χ0v) is 19.4. The molecule has 6 unspecified atom stereocenters. The van der Waals surface area contributed by atoms with E-state index in [1.165, 1.54) is 19.3 Å². The largest absolute Gasteiger partial charge is 0.344 e. The molecular weight excluding hydrogens is 414 g/mol. The highest BCUT2D eigenvalue weighted by molar-refractivity contribution is 7.65. The Labute approximate surface area is 166 Å². The molecule has 0 aromatic carbocycles. The van der Waals surface area contributed by atoms with Crippen LogP contribution in [0.2, 0.25) is 22.7 Å². The van der Waals surface area contributed by atoms with Gasteiger partial charge in [-0.1, -0.05) is 37.6 Å². The minimum absolute atomic E-state index is 0.188. The van der Waals surface area contributed by atoms with Crippen molar-refractivity contribution in [3.8, 4) is 0 Å². The minimum atomic E-state index is -2.69. The van der Waals surface area contributed by atoms with Crippen LogP contribution in [0, 0.1) is 23.7 Å². The van der Waals surface area contributed by atoms with Crippen LogP contribution in [-0.2, 0) is 0 Å². The fraction of sp³-hybridized carbons (Fsp3) is 0.778. The fourth-order valence-electron chi connectivity index (χ4n) is 6.48. The molecule has 0 spiro atoms. The summed E-state index contributed by atoms with van der Waals surface area (Å²) in [4.78, 5) is 0. The average molecular weight is 440 g/mol. The minimum Gasteiger partial charge on any atom is -0.166 e. The Bertz CT molecular complexity index is 592. The van der Waals surface area contributed by atoms with Crippen LogP contribution in [0.3, 0.4) is 0 Å². The van der Waals surface area contributed by atoms with Crippen molar-refractivity contribution in [1.82, 2.24) is 0 Å². The molecule has 4 rings (SSSR count). The lowest BCUT2D eigenvalue weighted by Crippen LogP contribution is -2.44. The van der Waals surface area contributed by atoms with Crippen molar-refractivity contribution in [2.24, 2.45) is 23.7 Å². The molecule has 2 saturated carbocycles. The van der Waals surface area contributed by atoms with Crippen LogP contribution in [0.5, 0.6) is 0 Å². The summed E-state index contributed by atoms with van der Waals surface area (Å²) >= 11 is 27.0. The van der Waals surface area contributed by atoms with Gasteiger partial charge in [-0.15, -0.1) is 33.2 Å². The van der Waals surface area contributed by atoms with E-state index in [0.29, 0.717) is 11.8 Å². The van der Waals surface area contributed by atoms with Gasteiger partial charge in [0.15, 0.2) is 7.38 Å². The number of rotatable bonds is 5. The van der Waals surface area contributed by atoms with Crippen LogP contribution in [0.15, 0.2) is 23.8 Å².